The van der Waals surface area contributed by atoms with Gasteiger partial charge in [0, 0.05) is 13.1 Å². The Morgan fingerprint density at radius 3 is 2.55 bits per heavy atom. The van der Waals surface area contributed by atoms with Crippen LogP contribution in [0.1, 0.15) is 0 Å². The molecule has 0 amide bonds. The van der Waals surface area contributed by atoms with E-state index in [-0.39, 0.29) is 15.8 Å². The molecule has 0 radical (unpaired) electrons. The predicted molar refractivity (Wildman–Crippen MR) is 84.3 cm³/mol. The molecule has 0 bridgehead atoms. The van der Waals surface area contributed by atoms with E-state index in [1.807, 2.05) is 0 Å². The molecule has 1 saturated heterocycles. The van der Waals surface area contributed by atoms with Gasteiger partial charge in [-0.05, 0) is 12.1 Å². The molecule has 5 nitrogen and oxygen atoms in total. The molecule has 1 heterocycles. The van der Waals surface area contributed by atoms with E-state index in [1.165, 1.54) is 7.11 Å². The molecular weight excluding hydrogens is 316 g/mol. The van der Waals surface area contributed by atoms with Gasteiger partial charge in [-0.15, -0.1) is 12.6 Å². The first-order valence-electron chi connectivity index (χ1n) is 6.04. The van der Waals surface area contributed by atoms with Crippen molar-refractivity contribution >= 4 is 39.0 Å². The zero-order chi connectivity index (χ0) is 14.8. The molecule has 0 aromatic heterocycles. The second-order valence-electron chi connectivity index (χ2n) is 4.36. The Hall–Kier alpha value is -0.670. The number of piperazine rings is 1. The van der Waals surface area contributed by atoms with E-state index >= 15 is 0 Å². The fourth-order valence-corrected chi connectivity index (χ4v) is 4.51. The third kappa shape index (κ3) is 3.15. The summed E-state index contributed by atoms with van der Waals surface area (Å²) in [5, 5.41) is 0.830. The van der Waals surface area contributed by atoms with Crippen LogP contribution in [0.25, 0.3) is 0 Å². The van der Waals surface area contributed by atoms with E-state index in [0.29, 0.717) is 13.1 Å². The van der Waals surface area contributed by atoms with Crippen LogP contribution < -0.4 is 0 Å². The lowest BCUT2D eigenvalue weighted by atomic mass is 10.4. The van der Waals surface area contributed by atoms with E-state index in [4.69, 9.17) is 17.1 Å². The predicted octanol–water partition coefficient (Wildman–Crippen LogP) is 1.18. The Bertz CT molecular complexity index is 577. The molecule has 110 valence electrons. The van der Waals surface area contributed by atoms with E-state index in [1.54, 1.807) is 40.3 Å². The van der Waals surface area contributed by atoms with Crippen molar-refractivity contribution in [1.29, 1.82) is 0 Å². The minimum atomic E-state index is -3.53. The van der Waals surface area contributed by atoms with Crippen molar-refractivity contribution in [2.24, 2.45) is 0 Å². The summed E-state index contributed by atoms with van der Waals surface area (Å²) in [5.74, 6) is 0. The Morgan fingerprint density at radius 1 is 1.35 bits per heavy atom. The smallest absolute Gasteiger partial charge is 0.200 e. The highest BCUT2D eigenvalue weighted by Crippen LogP contribution is 2.23. The van der Waals surface area contributed by atoms with Gasteiger partial charge in [0.1, 0.15) is 4.32 Å². The fourth-order valence-electron chi connectivity index (χ4n) is 2.14. The highest BCUT2D eigenvalue weighted by atomic mass is 32.2. The average Bonchev–Trinajstić information content (AvgIpc) is 2.47. The van der Waals surface area contributed by atoms with Gasteiger partial charge in [0.15, 0.2) is 5.37 Å². The van der Waals surface area contributed by atoms with E-state index in [2.05, 4.69) is 12.6 Å². The number of thiol groups is 1. The second-order valence-corrected chi connectivity index (χ2v) is 7.58. The van der Waals surface area contributed by atoms with Crippen LogP contribution in [0.15, 0.2) is 35.2 Å². The van der Waals surface area contributed by atoms with E-state index < -0.39 is 15.2 Å². The third-order valence-corrected chi connectivity index (χ3v) is 5.77. The van der Waals surface area contributed by atoms with Crippen molar-refractivity contribution in [2.75, 3.05) is 26.7 Å². The van der Waals surface area contributed by atoms with Crippen molar-refractivity contribution < 1.29 is 13.3 Å². The summed E-state index contributed by atoms with van der Waals surface area (Å²) >= 11 is 9.19. The number of nitrogens with zero attached hydrogens (tertiary/aromatic N) is 2. The Kier molecular flexibility index (Phi) is 5.03. The van der Waals surface area contributed by atoms with Gasteiger partial charge < -0.3 is 9.74 Å². The lowest BCUT2D eigenvalue weighted by Gasteiger charge is -2.39. The standard InChI is InChI=1S/C12H16N2O3S3/c1-17-13-7-8-14(12(18)19)11(9-13)20(15,16)10-5-3-2-4-6-10/h2-6,11H,7-9H2,1H3,(H,18,19). The Balaban J connectivity index is 2.37. The quantitative estimate of drug-likeness (QED) is 0.663. The van der Waals surface area contributed by atoms with Crippen LogP contribution in [-0.2, 0) is 14.7 Å². The molecule has 1 atom stereocenters. The molecular formula is C12H16N2O3S3. The largest absolute Gasteiger partial charge is 0.338 e. The fraction of sp³-hybridized carbons (Fsp3) is 0.417. The van der Waals surface area contributed by atoms with Gasteiger partial charge in [0.2, 0.25) is 9.84 Å². The average molecular weight is 332 g/mol. The van der Waals surface area contributed by atoms with Crippen LogP contribution in [0.3, 0.4) is 0 Å². The first kappa shape index (κ1) is 15.7. The number of hydrogen-bond donors (Lipinski definition) is 1. The zero-order valence-electron chi connectivity index (χ0n) is 11.0. The van der Waals surface area contributed by atoms with E-state index in [0.717, 1.165) is 0 Å². The van der Waals surface area contributed by atoms with Crippen molar-refractivity contribution in [3.05, 3.63) is 30.3 Å². The molecule has 0 aliphatic carbocycles. The maximum atomic E-state index is 12.7. The molecule has 0 saturated carbocycles. The minimum Gasteiger partial charge on any atom is -0.338 e. The van der Waals surface area contributed by atoms with Gasteiger partial charge >= 0.3 is 0 Å². The molecule has 1 aromatic rings. The normalized spacial score (nSPS) is 20.9. The summed E-state index contributed by atoms with van der Waals surface area (Å²) in [5.41, 5.74) is 0. The SMILES string of the molecule is CON1CCN(C(=S)S)C(S(=O)(=O)c2ccccc2)C1. The maximum Gasteiger partial charge on any atom is 0.200 e. The van der Waals surface area contributed by atoms with Crippen LogP contribution in [-0.4, -0.2) is 54.8 Å². The summed E-state index contributed by atoms with van der Waals surface area (Å²) in [6.07, 6.45) is 0. The summed E-state index contributed by atoms with van der Waals surface area (Å²) in [6.45, 7) is 1.28. The maximum absolute atomic E-state index is 12.7. The van der Waals surface area contributed by atoms with Gasteiger partial charge in [0.05, 0.1) is 18.6 Å². The zero-order valence-corrected chi connectivity index (χ0v) is 13.5. The van der Waals surface area contributed by atoms with Gasteiger partial charge in [-0.2, -0.15) is 5.06 Å². The third-order valence-electron chi connectivity index (χ3n) is 3.23. The topological polar surface area (TPSA) is 49.9 Å². The van der Waals surface area contributed by atoms with E-state index in [9.17, 15) is 8.42 Å². The molecule has 2 rings (SSSR count). The molecule has 0 N–H and O–H groups in total. The highest BCUT2D eigenvalue weighted by molar-refractivity contribution is 8.11. The Morgan fingerprint density at radius 2 is 2.00 bits per heavy atom. The number of sulfone groups is 1. The van der Waals surface area contributed by atoms with Crippen LogP contribution in [0.5, 0.6) is 0 Å². The molecule has 1 aromatic carbocycles. The molecule has 1 aliphatic rings. The van der Waals surface area contributed by atoms with Crippen LogP contribution in [0.2, 0.25) is 0 Å². The van der Waals surface area contributed by atoms with Crippen molar-refractivity contribution in [3.8, 4) is 0 Å². The highest BCUT2D eigenvalue weighted by Gasteiger charge is 2.38. The van der Waals surface area contributed by atoms with Gasteiger partial charge in [-0.3, -0.25) is 0 Å². The van der Waals surface area contributed by atoms with Gasteiger partial charge in [-0.25, -0.2) is 8.42 Å². The molecule has 8 heteroatoms. The van der Waals surface area contributed by atoms with Crippen molar-refractivity contribution in [1.82, 2.24) is 9.96 Å². The summed E-state index contributed by atoms with van der Waals surface area (Å²) in [7, 11) is -2.00. The molecule has 0 spiro atoms. The lowest BCUT2D eigenvalue weighted by Crippen LogP contribution is -2.56. The van der Waals surface area contributed by atoms with Crippen LogP contribution >= 0.6 is 24.8 Å². The van der Waals surface area contributed by atoms with Crippen LogP contribution in [0.4, 0.5) is 0 Å². The van der Waals surface area contributed by atoms with Crippen LogP contribution in [0, 0.1) is 0 Å². The number of rotatable bonds is 3. The summed E-state index contributed by atoms with van der Waals surface area (Å²) in [6, 6.07) is 8.35. The summed E-state index contributed by atoms with van der Waals surface area (Å²) < 4.78 is 25.8. The monoisotopic (exact) mass is 332 g/mol. The number of hydroxylamine groups is 2. The summed E-state index contributed by atoms with van der Waals surface area (Å²) in [4.78, 5) is 7.05. The van der Waals surface area contributed by atoms with Gasteiger partial charge in [-0.1, -0.05) is 30.4 Å². The number of thiocarbonyl (C=S) groups is 1. The molecule has 1 aliphatic heterocycles. The molecule has 1 unspecified atom stereocenters. The van der Waals surface area contributed by atoms with Crippen molar-refractivity contribution in [3.63, 3.8) is 0 Å². The second kappa shape index (κ2) is 6.40. The van der Waals surface area contributed by atoms with Gasteiger partial charge in [0.25, 0.3) is 0 Å². The first-order valence-corrected chi connectivity index (χ1v) is 8.44. The number of hydrogen-bond acceptors (Lipinski definition) is 5. The molecule has 1 fully saturated rings. The Labute approximate surface area is 129 Å². The lowest BCUT2D eigenvalue weighted by molar-refractivity contribution is -0.149. The first-order chi connectivity index (χ1) is 9.46. The minimum absolute atomic E-state index is 0.231. The molecule has 20 heavy (non-hydrogen) atoms. The van der Waals surface area contributed by atoms with Crippen molar-refractivity contribution in [2.45, 2.75) is 10.3 Å². The number of benzene rings is 1.